The zero-order chi connectivity index (χ0) is 15.4. The number of hydrogen-bond acceptors (Lipinski definition) is 6. The van der Waals surface area contributed by atoms with Gasteiger partial charge >= 0.3 is 5.82 Å². The fraction of sp³-hybridized carbons (Fsp3) is 0.250. The highest BCUT2D eigenvalue weighted by Crippen LogP contribution is 2.25. The van der Waals surface area contributed by atoms with Gasteiger partial charge in [0.2, 0.25) is 0 Å². The van der Waals surface area contributed by atoms with Crippen LogP contribution in [-0.2, 0) is 6.54 Å². The molecule has 9 heteroatoms. The molecule has 0 fully saturated rings. The lowest BCUT2D eigenvalue weighted by Gasteiger charge is -2.06. The first-order chi connectivity index (χ1) is 10.0. The van der Waals surface area contributed by atoms with E-state index >= 15 is 0 Å². The van der Waals surface area contributed by atoms with E-state index in [2.05, 4.69) is 10.4 Å². The van der Waals surface area contributed by atoms with Crippen molar-refractivity contribution in [2.75, 3.05) is 11.9 Å². The van der Waals surface area contributed by atoms with E-state index in [1.54, 1.807) is 12.1 Å². The van der Waals surface area contributed by atoms with Crippen LogP contribution >= 0.6 is 0 Å². The van der Waals surface area contributed by atoms with Gasteiger partial charge in [-0.2, -0.15) is 4.68 Å². The largest absolute Gasteiger partial charge is 0.389 e. The Labute approximate surface area is 119 Å². The van der Waals surface area contributed by atoms with Crippen molar-refractivity contribution in [1.29, 1.82) is 0 Å². The van der Waals surface area contributed by atoms with Crippen LogP contribution in [-0.4, -0.2) is 26.2 Å². The summed E-state index contributed by atoms with van der Waals surface area (Å²) in [5.41, 5.74) is 1.05. The highest BCUT2D eigenvalue weighted by molar-refractivity contribution is 5.62. The van der Waals surface area contributed by atoms with Gasteiger partial charge in [-0.25, -0.2) is 0 Å². The Kier molecular flexibility index (Phi) is 4.12. The number of benzene rings is 1. The van der Waals surface area contributed by atoms with Crippen molar-refractivity contribution in [3.8, 4) is 0 Å². The van der Waals surface area contributed by atoms with Gasteiger partial charge in [0.05, 0.1) is 28.8 Å². The smallest absolute Gasteiger partial charge is 0.380 e. The van der Waals surface area contributed by atoms with Crippen LogP contribution in [0.15, 0.2) is 30.5 Å². The third kappa shape index (κ3) is 3.32. The van der Waals surface area contributed by atoms with E-state index in [-0.39, 0.29) is 18.1 Å². The molecule has 2 rings (SSSR count). The molecule has 0 aliphatic carbocycles. The average Bonchev–Trinajstić information content (AvgIpc) is 2.89. The molecular weight excluding hydrogens is 278 g/mol. The summed E-state index contributed by atoms with van der Waals surface area (Å²) in [6, 6.07) is 6.06. The molecule has 110 valence electrons. The van der Waals surface area contributed by atoms with E-state index in [4.69, 9.17) is 0 Å². The summed E-state index contributed by atoms with van der Waals surface area (Å²) >= 11 is 0. The number of nitro benzene ring substituents is 1. The number of aromatic nitrogens is 2. The van der Waals surface area contributed by atoms with Gasteiger partial charge in [-0.1, -0.05) is 6.07 Å². The fourth-order valence-corrected chi connectivity index (χ4v) is 1.89. The molecule has 0 bridgehead atoms. The van der Waals surface area contributed by atoms with Crippen LogP contribution in [0.2, 0.25) is 0 Å². The van der Waals surface area contributed by atoms with E-state index in [0.717, 1.165) is 0 Å². The highest BCUT2D eigenvalue weighted by atomic mass is 16.6. The fourth-order valence-electron chi connectivity index (χ4n) is 1.89. The molecule has 1 heterocycles. The predicted molar refractivity (Wildman–Crippen MR) is 75.2 cm³/mol. The van der Waals surface area contributed by atoms with Crippen molar-refractivity contribution < 1.29 is 9.85 Å². The monoisotopic (exact) mass is 291 g/mol. The van der Waals surface area contributed by atoms with E-state index in [1.165, 1.54) is 23.0 Å². The number of nitro groups is 2. The summed E-state index contributed by atoms with van der Waals surface area (Å²) in [5, 5.41) is 28.3. The van der Waals surface area contributed by atoms with E-state index in [9.17, 15) is 20.2 Å². The third-order valence-electron chi connectivity index (χ3n) is 2.78. The van der Waals surface area contributed by atoms with Gasteiger partial charge in [0.15, 0.2) is 0 Å². The number of nitrogens with one attached hydrogen (secondary N) is 1. The van der Waals surface area contributed by atoms with Gasteiger partial charge in [0.1, 0.15) is 5.69 Å². The summed E-state index contributed by atoms with van der Waals surface area (Å²) in [7, 11) is 0. The maximum atomic E-state index is 11.0. The number of nitrogens with zero attached hydrogens (tertiary/aromatic N) is 4. The van der Waals surface area contributed by atoms with Crippen molar-refractivity contribution >= 4 is 17.2 Å². The first kappa shape index (κ1) is 14.4. The van der Waals surface area contributed by atoms with Gasteiger partial charge in [0, 0.05) is 12.6 Å². The zero-order valence-corrected chi connectivity index (χ0v) is 11.2. The molecule has 0 amide bonds. The third-order valence-corrected chi connectivity index (χ3v) is 2.78. The Morgan fingerprint density at radius 3 is 2.57 bits per heavy atom. The van der Waals surface area contributed by atoms with Gasteiger partial charge in [-0.15, -0.1) is 0 Å². The highest BCUT2D eigenvalue weighted by Gasteiger charge is 2.16. The molecule has 0 aliphatic rings. The SMILES string of the molecule is CCNc1ccc(Cn2ccc([N+](=O)[O-])n2)cc1[N+](=O)[O-]. The van der Waals surface area contributed by atoms with Crippen LogP contribution in [0.5, 0.6) is 0 Å². The zero-order valence-electron chi connectivity index (χ0n) is 11.2. The molecule has 0 unspecified atom stereocenters. The number of hydrogen-bond donors (Lipinski definition) is 1. The topological polar surface area (TPSA) is 116 Å². The van der Waals surface area contributed by atoms with E-state index < -0.39 is 9.85 Å². The molecule has 21 heavy (non-hydrogen) atoms. The Bertz CT molecular complexity index is 682. The summed E-state index contributed by atoms with van der Waals surface area (Å²) < 4.78 is 1.37. The summed E-state index contributed by atoms with van der Waals surface area (Å²) in [6.07, 6.45) is 1.46. The molecule has 0 saturated carbocycles. The first-order valence-electron chi connectivity index (χ1n) is 6.20. The van der Waals surface area contributed by atoms with Crippen molar-refractivity contribution in [1.82, 2.24) is 9.78 Å². The van der Waals surface area contributed by atoms with Crippen molar-refractivity contribution in [3.05, 3.63) is 56.3 Å². The van der Waals surface area contributed by atoms with Gasteiger partial charge < -0.3 is 15.4 Å². The van der Waals surface area contributed by atoms with Gasteiger partial charge in [-0.3, -0.25) is 10.1 Å². The van der Waals surface area contributed by atoms with Crippen LogP contribution in [0.1, 0.15) is 12.5 Å². The lowest BCUT2D eigenvalue weighted by Crippen LogP contribution is -2.05. The summed E-state index contributed by atoms with van der Waals surface area (Å²) in [4.78, 5) is 20.6. The molecule has 0 spiro atoms. The molecule has 0 radical (unpaired) electrons. The normalized spacial score (nSPS) is 10.3. The Balaban J connectivity index is 2.25. The molecule has 1 aromatic heterocycles. The standard InChI is InChI=1S/C12H13N5O4/c1-2-13-10-4-3-9(7-11(10)16(18)19)8-15-6-5-12(14-15)17(20)21/h3-7,13H,2,8H2,1H3. The molecule has 0 aliphatic heterocycles. The predicted octanol–water partition coefficient (Wildman–Crippen LogP) is 2.18. The first-order valence-corrected chi connectivity index (χ1v) is 6.20. The van der Waals surface area contributed by atoms with Crippen LogP contribution in [0.25, 0.3) is 0 Å². The second-order valence-electron chi connectivity index (χ2n) is 4.27. The molecular formula is C12H13N5O4. The number of rotatable bonds is 6. The molecule has 0 saturated heterocycles. The Morgan fingerprint density at radius 1 is 1.24 bits per heavy atom. The van der Waals surface area contributed by atoms with E-state index in [1.807, 2.05) is 6.92 Å². The summed E-state index contributed by atoms with van der Waals surface area (Å²) in [5.74, 6) is -0.256. The van der Waals surface area contributed by atoms with E-state index in [0.29, 0.717) is 17.8 Å². The van der Waals surface area contributed by atoms with Crippen molar-refractivity contribution in [2.45, 2.75) is 13.5 Å². The Morgan fingerprint density at radius 2 is 2.00 bits per heavy atom. The van der Waals surface area contributed by atoms with Crippen molar-refractivity contribution in [2.24, 2.45) is 0 Å². The summed E-state index contributed by atoms with van der Waals surface area (Å²) in [6.45, 7) is 2.65. The quantitative estimate of drug-likeness (QED) is 0.644. The Hall–Kier alpha value is -2.97. The lowest BCUT2D eigenvalue weighted by molar-refractivity contribution is -0.389. The van der Waals surface area contributed by atoms with Crippen LogP contribution in [0.3, 0.4) is 0 Å². The van der Waals surface area contributed by atoms with Gasteiger partial charge in [-0.05, 0) is 23.5 Å². The van der Waals surface area contributed by atoms with Crippen molar-refractivity contribution in [3.63, 3.8) is 0 Å². The maximum absolute atomic E-state index is 11.0. The van der Waals surface area contributed by atoms with Crippen LogP contribution in [0, 0.1) is 20.2 Å². The minimum absolute atomic E-state index is 0.0315. The van der Waals surface area contributed by atoms with Gasteiger partial charge in [0.25, 0.3) is 5.69 Å². The lowest BCUT2D eigenvalue weighted by atomic mass is 10.1. The molecule has 9 nitrogen and oxygen atoms in total. The maximum Gasteiger partial charge on any atom is 0.389 e. The second-order valence-corrected chi connectivity index (χ2v) is 4.27. The molecule has 2 aromatic rings. The molecule has 0 atom stereocenters. The minimum atomic E-state index is -0.590. The minimum Gasteiger partial charge on any atom is -0.380 e. The number of anilines is 1. The molecule has 1 N–H and O–H groups in total. The van der Waals surface area contributed by atoms with Crippen LogP contribution < -0.4 is 5.32 Å². The second kappa shape index (κ2) is 5.99. The van der Waals surface area contributed by atoms with Crippen LogP contribution in [0.4, 0.5) is 17.2 Å². The molecule has 1 aromatic carbocycles. The average molecular weight is 291 g/mol.